The van der Waals surface area contributed by atoms with Gasteiger partial charge in [0.2, 0.25) is 5.91 Å². The maximum Gasteiger partial charge on any atom is 0.416 e. The number of nitrogens with zero attached hydrogens (tertiary/aromatic N) is 2. The Morgan fingerprint density at radius 3 is 2.11 bits per heavy atom. The van der Waals surface area contributed by atoms with E-state index in [2.05, 4.69) is 4.98 Å². The van der Waals surface area contributed by atoms with Crippen LogP contribution >= 0.6 is 11.8 Å². The van der Waals surface area contributed by atoms with E-state index in [9.17, 15) is 31.1 Å². The van der Waals surface area contributed by atoms with E-state index in [0.29, 0.717) is 17.7 Å². The van der Waals surface area contributed by atoms with Crippen molar-refractivity contribution in [2.75, 3.05) is 4.90 Å². The van der Waals surface area contributed by atoms with Gasteiger partial charge in [0.25, 0.3) is 0 Å². The van der Waals surface area contributed by atoms with Crippen molar-refractivity contribution >= 4 is 23.4 Å². The third-order valence-electron chi connectivity index (χ3n) is 3.97. The molecule has 1 aliphatic rings. The van der Waals surface area contributed by atoms with Crippen LogP contribution in [0.4, 0.5) is 32.0 Å². The summed E-state index contributed by atoms with van der Waals surface area (Å²) >= 11 is 1.13. The second-order valence-corrected chi connectivity index (χ2v) is 7.32. The number of anilines is 1. The third kappa shape index (κ3) is 3.90. The third-order valence-corrected chi connectivity index (χ3v) is 5.32. The lowest BCUT2D eigenvalue weighted by Crippen LogP contribution is -2.30. The van der Waals surface area contributed by atoms with Crippen molar-refractivity contribution in [3.8, 4) is 0 Å². The predicted molar refractivity (Wildman–Crippen MR) is 88.0 cm³/mol. The molecule has 2 aromatic rings. The van der Waals surface area contributed by atoms with Gasteiger partial charge in [-0.1, -0.05) is 6.07 Å². The summed E-state index contributed by atoms with van der Waals surface area (Å²) in [6.45, 7) is 1.55. The van der Waals surface area contributed by atoms with Gasteiger partial charge in [0, 0.05) is 23.6 Å². The van der Waals surface area contributed by atoms with Crippen LogP contribution in [-0.4, -0.2) is 16.1 Å². The van der Waals surface area contributed by atoms with Crippen LogP contribution in [0.1, 0.15) is 29.0 Å². The molecule has 1 aromatic carbocycles. The van der Waals surface area contributed by atoms with Crippen molar-refractivity contribution in [1.29, 1.82) is 0 Å². The minimum absolute atomic E-state index is 0.0414. The van der Waals surface area contributed by atoms with Crippen LogP contribution in [-0.2, 0) is 17.1 Å². The minimum atomic E-state index is -4.98. The van der Waals surface area contributed by atoms with Crippen LogP contribution in [0.5, 0.6) is 0 Å². The lowest BCUT2D eigenvalue weighted by molar-refractivity contribution is -0.143. The highest BCUT2D eigenvalue weighted by atomic mass is 32.2. The SMILES string of the molecule is C[C@@H]1S[C@@H](c2cccnc2)N(c2cc(C(F)(F)F)cc(C(F)(F)F)c2)C1=O. The number of hydrogen-bond donors (Lipinski definition) is 0. The molecule has 0 radical (unpaired) electrons. The highest BCUT2D eigenvalue weighted by Crippen LogP contribution is 2.47. The average molecular weight is 406 g/mol. The Hall–Kier alpha value is -2.23. The molecule has 3 nitrogen and oxygen atoms in total. The van der Waals surface area contributed by atoms with Crippen LogP contribution in [0.2, 0.25) is 0 Å². The second-order valence-electron chi connectivity index (χ2n) is 5.89. The highest BCUT2D eigenvalue weighted by molar-refractivity contribution is 8.01. The van der Waals surface area contributed by atoms with Crippen LogP contribution in [0.3, 0.4) is 0 Å². The molecule has 2 atom stereocenters. The van der Waals surface area contributed by atoms with Crippen LogP contribution < -0.4 is 4.90 Å². The number of amides is 1. The van der Waals surface area contributed by atoms with Crippen molar-refractivity contribution in [2.45, 2.75) is 29.9 Å². The fourth-order valence-electron chi connectivity index (χ4n) is 2.71. The van der Waals surface area contributed by atoms with E-state index >= 15 is 0 Å². The van der Waals surface area contributed by atoms with Gasteiger partial charge >= 0.3 is 12.4 Å². The molecule has 1 amide bonds. The zero-order valence-electron chi connectivity index (χ0n) is 13.7. The van der Waals surface area contributed by atoms with Crippen molar-refractivity contribution < 1.29 is 31.1 Å². The summed E-state index contributed by atoms with van der Waals surface area (Å²) < 4.78 is 78.8. The van der Waals surface area contributed by atoms with E-state index in [1.54, 1.807) is 19.1 Å². The van der Waals surface area contributed by atoms with E-state index < -0.39 is 45.7 Å². The smallest absolute Gasteiger partial charge is 0.295 e. The summed E-state index contributed by atoms with van der Waals surface area (Å²) in [5, 5.41) is -1.40. The van der Waals surface area contributed by atoms with Gasteiger partial charge in [-0.2, -0.15) is 26.3 Å². The van der Waals surface area contributed by atoms with Crippen LogP contribution in [0, 0.1) is 0 Å². The Morgan fingerprint density at radius 2 is 1.63 bits per heavy atom. The first-order chi connectivity index (χ1) is 12.5. The number of benzene rings is 1. The Balaban J connectivity index is 2.16. The molecule has 0 saturated carbocycles. The van der Waals surface area contributed by atoms with Gasteiger partial charge in [-0.15, -0.1) is 11.8 Å². The molecule has 2 heterocycles. The molecule has 0 spiro atoms. The predicted octanol–water partition coefficient (Wildman–Crippen LogP) is 5.29. The summed E-state index contributed by atoms with van der Waals surface area (Å²) in [7, 11) is 0. The Morgan fingerprint density at radius 1 is 1.04 bits per heavy atom. The molecule has 1 aromatic heterocycles. The van der Waals surface area contributed by atoms with Crippen molar-refractivity contribution in [3.63, 3.8) is 0 Å². The fourth-order valence-corrected chi connectivity index (χ4v) is 3.97. The van der Waals surface area contributed by atoms with Gasteiger partial charge in [-0.3, -0.25) is 14.7 Å². The first kappa shape index (κ1) is 19.5. The van der Waals surface area contributed by atoms with Gasteiger partial charge in [0.05, 0.1) is 16.4 Å². The number of rotatable bonds is 2. The van der Waals surface area contributed by atoms with Gasteiger partial charge in [0.15, 0.2) is 0 Å². The van der Waals surface area contributed by atoms with Crippen molar-refractivity contribution in [2.24, 2.45) is 0 Å². The molecule has 0 aliphatic carbocycles. The summed E-state index contributed by atoms with van der Waals surface area (Å²) in [5.41, 5.74) is -2.87. The topological polar surface area (TPSA) is 33.2 Å². The number of thioether (sulfide) groups is 1. The molecular formula is C17H12F6N2OS. The van der Waals surface area contributed by atoms with E-state index in [0.717, 1.165) is 16.7 Å². The molecule has 0 N–H and O–H groups in total. The summed E-state index contributed by atoms with van der Waals surface area (Å²) in [4.78, 5) is 17.4. The van der Waals surface area contributed by atoms with Gasteiger partial charge in [0.1, 0.15) is 5.37 Å². The zero-order chi connectivity index (χ0) is 20.0. The normalized spacial score (nSPS) is 21.0. The number of carbonyl (C=O) groups excluding carboxylic acids is 1. The molecule has 1 saturated heterocycles. The molecule has 10 heteroatoms. The first-order valence-electron chi connectivity index (χ1n) is 7.66. The summed E-state index contributed by atoms with van der Waals surface area (Å²) in [5.74, 6) is -0.568. The lowest BCUT2D eigenvalue weighted by atomic mass is 10.1. The highest BCUT2D eigenvalue weighted by Gasteiger charge is 2.43. The molecular weight excluding hydrogens is 394 g/mol. The zero-order valence-corrected chi connectivity index (χ0v) is 14.5. The molecule has 0 bridgehead atoms. The Bertz CT molecular complexity index is 820. The van der Waals surface area contributed by atoms with Gasteiger partial charge in [-0.25, -0.2) is 0 Å². The molecule has 27 heavy (non-hydrogen) atoms. The molecule has 1 aliphatic heterocycles. The quantitative estimate of drug-likeness (QED) is 0.636. The van der Waals surface area contributed by atoms with Crippen LogP contribution in [0.25, 0.3) is 0 Å². The summed E-state index contributed by atoms with van der Waals surface area (Å²) in [6.07, 6.45) is -7.07. The second kappa shape index (κ2) is 6.74. The average Bonchev–Trinajstić information content (AvgIpc) is 2.89. The maximum absolute atomic E-state index is 13.1. The maximum atomic E-state index is 13.1. The fraction of sp³-hybridized carbons (Fsp3) is 0.294. The van der Waals surface area contributed by atoms with E-state index in [4.69, 9.17) is 0 Å². The minimum Gasteiger partial charge on any atom is -0.295 e. The van der Waals surface area contributed by atoms with E-state index in [1.807, 2.05) is 0 Å². The molecule has 0 unspecified atom stereocenters. The van der Waals surface area contributed by atoms with Gasteiger partial charge < -0.3 is 0 Å². The molecule has 3 rings (SSSR count). The summed E-state index contributed by atoms with van der Waals surface area (Å²) in [6, 6.07) is 4.36. The Labute approximate surface area is 154 Å². The van der Waals surface area contributed by atoms with Gasteiger partial charge in [-0.05, 0) is 31.2 Å². The van der Waals surface area contributed by atoms with Crippen molar-refractivity contribution in [1.82, 2.24) is 4.98 Å². The largest absolute Gasteiger partial charge is 0.416 e. The lowest BCUT2D eigenvalue weighted by Gasteiger charge is -2.26. The number of alkyl halides is 6. The standard InChI is InChI=1S/C17H12F6N2OS/c1-9-14(26)25(15(27-9)10-3-2-4-24-8-10)13-6-11(16(18,19)20)5-12(7-13)17(21,22)23/h2-9,15H,1H3/t9-,15-/m0/s1. The number of hydrogen-bond acceptors (Lipinski definition) is 3. The number of pyridine rings is 1. The monoisotopic (exact) mass is 406 g/mol. The number of carbonyl (C=O) groups is 1. The van der Waals surface area contributed by atoms with E-state index in [-0.39, 0.29) is 6.07 Å². The molecule has 1 fully saturated rings. The van der Waals surface area contributed by atoms with Crippen LogP contribution in [0.15, 0.2) is 42.7 Å². The Kier molecular flexibility index (Phi) is 4.87. The van der Waals surface area contributed by atoms with E-state index in [1.165, 1.54) is 12.4 Å². The van der Waals surface area contributed by atoms with Crippen molar-refractivity contribution in [3.05, 3.63) is 59.4 Å². The number of aromatic nitrogens is 1. The number of halogens is 6. The molecule has 144 valence electrons. The first-order valence-corrected chi connectivity index (χ1v) is 8.60.